The minimum Gasteiger partial charge on any atom is -0.353 e. The number of hydrogen-bond acceptors (Lipinski definition) is 4. The Balaban J connectivity index is 1.26. The Morgan fingerprint density at radius 3 is 2.10 bits per heavy atom. The number of ketones is 1. The molecule has 1 aromatic carbocycles. The number of hydrogen-bond donors (Lipinski definition) is 1. The molecular weight excluding hydrogens is 400 g/mol. The Morgan fingerprint density at radius 2 is 1.57 bits per heavy atom. The van der Waals surface area contributed by atoms with Gasteiger partial charge in [0.05, 0.1) is 4.90 Å². The molecule has 0 heterocycles. The van der Waals surface area contributed by atoms with Crippen molar-refractivity contribution in [2.75, 3.05) is 13.6 Å². The molecule has 30 heavy (non-hydrogen) atoms. The summed E-state index contributed by atoms with van der Waals surface area (Å²) in [5.41, 5.74) is 0.484. The van der Waals surface area contributed by atoms with Crippen LogP contribution in [0, 0.1) is 23.7 Å². The third-order valence-electron chi connectivity index (χ3n) is 7.40. The number of amides is 1. The zero-order chi connectivity index (χ0) is 21.5. The summed E-state index contributed by atoms with van der Waals surface area (Å²) >= 11 is 0. The van der Waals surface area contributed by atoms with Crippen molar-refractivity contribution in [1.82, 2.24) is 9.62 Å². The maximum Gasteiger partial charge on any atom is 0.242 e. The Labute approximate surface area is 179 Å². The number of benzene rings is 1. The second-order valence-corrected chi connectivity index (χ2v) is 11.6. The highest BCUT2D eigenvalue weighted by Gasteiger charge is 2.48. The van der Waals surface area contributed by atoms with E-state index in [0.29, 0.717) is 36.3 Å². The lowest BCUT2D eigenvalue weighted by atomic mass is 9.54. The molecule has 4 aliphatic rings. The van der Waals surface area contributed by atoms with Gasteiger partial charge in [0.2, 0.25) is 15.9 Å². The molecule has 5 rings (SSSR count). The zero-order valence-corrected chi connectivity index (χ0v) is 18.7. The molecule has 7 heteroatoms. The first-order chi connectivity index (χ1) is 14.2. The molecule has 0 aliphatic heterocycles. The number of nitrogens with one attached hydrogen (secondary N) is 1. The fraction of sp³-hybridized carbons (Fsp3) is 0.652. The van der Waals surface area contributed by atoms with Gasteiger partial charge in [-0.2, -0.15) is 0 Å². The zero-order valence-electron chi connectivity index (χ0n) is 17.8. The van der Waals surface area contributed by atoms with E-state index in [1.807, 2.05) is 0 Å². The van der Waals surface area contributed by atoms with Crippen molar-refractivity contribution < 1.29 is 18.0 Å². The topological polar surface area (TPSA) is 83.6 Å². The van der Waals surface area contributed by atoms with Crippen LogP contribution in [0.1, 0.15) is 62.2 Å². The minimum atomic E-state index is -3.63. The molecule has 4 aliphatic carbocycles. The van der Waals surface area contributed by atoms with Gasteiger partial charge in [-0.1, -0.05) is 12.1 Å². The second-order valence-electron chi connectivity index (χ2n) is 9.53. The maximum absolute atomic E-state index is 12.7. The third kappa shape index (κ3) is 4.33. The highest BCUT2D eigenvalue weighted by atomic mass is 32.2. The molecule has 1 aromatic rings. The number of sulfonamides is 1. The highest BCUT2D eigenvalue weighted by Crippen LogP contribution is 2.53. The lowest BCUT2D eigenvalue weighted by Crippen LogP contribution is -2.55. The summed E-state index contributed by atoms with van der Waals surface area (Å²) in [6, 6.07) is 6.30. The first kappa shape index (κ1) is 21.5. The molecular formula is C23H32N2O4S. The van der Waals surface area contributed by atoms with Crippen molar-refractivity contribution in [1.29, 1.82) is 0 Å². The fourth-order valence-electron chi connectivity index (χ4n) is 6.04. The van der Waals surface area contributed by atoms with Gasteiger partial charge in [-0.3, -0.25) is 9.59 Å². The normalized spacial score (nSPS) is 29.9. The van der Waals surface area contributed by atoms with Crippen LogP contribution in [-0.2, 0) is 14.8 Å². The van der Waals surface area contributed by atoms with Crippen LogP contribution < -0.4 is 5.32 Å². The molecule has 164 valence electrons. The van der Waals surface area contributed by atoms with Crippen LogP contribution in [0.25, 0.3) is 0 Å². The summed E-state index contributed by atoms with van der Waals surface area (Å²) < 4.78 is 26.7. The van der Waals surface area contributed by atoms with Crippen LogP contribution in [-0.4, -0.2) is 44.0 Å². The van der Waals surface area contributed by atoms with Crippen LogP contribution in [0.3, 0.4) is 0 Å². The van der Waals surface area contributed by atoms with E-state index in [1.54, 1.807) is 0 Å². The van der Waals surface area contributed by atoms with Gasteiger partial charge < -0.3 is 5.32 Å². The summed E-state index contributed by atoms with van der Waals surface area (Å²) in [7, 11) is -2.10. The van der Waals surface area contributed by atoms with Gasteiger partial charge in [0.1, 0.15) is 0 Å². The largest absolute Gasteiger partial charge is 0.353 e. The van der Waals surface area contributed by atoms with Crippen molar-refractivity contribution in [3.05, 3.63) is 29.8 Å². The monoisotopic (exact) mass is 432 g/mol. The van der Waals surface area contributed by atoms with E-state index in [-0.39, 0.29) is 23.1 Å². The Bertz CT molecular complexity index is 882. The van der Waals surface area contributed by atoms with Gasteiger partial charge in [0.25, 0.3) is 0 Å². The van der Waals surface area contributed by atoms with Gasteiger partial charge in [-0.25, -0.2) is 12.7 Å². The Kier molecular flexibility index (Phi) is 6.04. The van der Waals surface area contributed by atoms with Crippen molar-refractivity contribution in [3.63, 3.8) is 0 Å². The SMILES string of the molecule is CC(=O)c1ccc(S(=O)(=O)N(C)CCCC(=O)NC2C3CC4CC(C3)CC2C4)cc1. The van der Waals surface area contributed by atoms with Crippen LogP contribution in [0.4, 0.5) is 0 Å². The predicted octanol–water partition coefficient (Wildman–Crippen LogP) is 3.23. The van der Waals surface area contributed by atoms with Gasteiger partial charge in [-0.05, 0) is 81.3 Å². The summed E-state index contributed by atoms with van der Waals surface area (Å²) in [6.07, 6.45) is 7.28. The molecule has 4 bridgehead atoms. The molecule has 0 spiro atoms. The van der Waals surface area contributed by atoms with Crippen molar-refractivity contribution in [2.45, 2.75) is 62.8 Å². The van der Waals surface area contributed by atoms with Crippen molar-refractivity contribution in [2.24, 2.45) is 23.7 Å². The summed E-state index contributed by atoms with van der Waals surface area (Å²) in [4.78, 5) is 24.1. The van der Waals surface area contributed by atoms with E-state index < -0.39 is 10.0 Å². The number of carbonyl (C=O) groups is 2. The third-order valence-corrected chi connectivity index (χ3v) is 9.27. The maximum atomic E-state index is 12.7. The standard InChI is InChI=1S/C23H32N2O4S/c1-15(26)18-5-7-21(8-6-18)30(28,29)25(2)9-3-4-22(27)24-23-19-11-16-10-17(13-19)14-20(23)12-16/h5-8,16-17,19-20,23H,3-4,9-14H2,1-2H3,(H,24,27). The predicted molar refractivity (Wildman–Crippen MR) is 114 cm³/mol. The van der Waals surface area contributed by atoms with Gasteiger partial charge in [0, 0.05) is 31.6 Å². The first-order valence-corrected chi connectivity index (χ1v) is 12.5. The smallest absolute Gasteiger partial charge is 0.242 e. The fourth-order valence-corrected chi connectivity index (χ4v) is 7.25. The molecule has 1 N–H and O–H groups in total. The highest BCUT2D eigenvalue weighted by molar-refractivity contribution is 7.89. The Morgan fingerprint density at radius 1 is 1.00 bits per heavy atom. The molecule has 6 nitrogen and oxygen atoms in total. The molecule has 0 saturated heterocycles. The van der Waals surface area contributed by atoms with E-state index in [1.165, 1.54) is 74.6 Å². The molecule has 4 saturated carbocycles. The van der Waals surface area contributed by atoms with Crippen LogP contribution in [0.2, 0.25) is 0 Å². The molecule has 0 unspecified atom stereocenters. The summed E-state index contributed by atoms with van der Waals surface area (Å²) in [5, 5.41) is 3.28. The van der Waals surface area contributed by atoms with E-state index in [4.69, 9.17) is 0 Å². The molecule has 4 fully saturated rings. The molecule has 1 amide bonds. The van der Waals surface area contributed by atoms with E-state index >= 15 is 0 Å². The Hall–Kier alpha value is -1.73. The summed E-state index contributed by atoms with van der Waals surface area (Å²) in [6.45, 7) is 1.73. The van der Waals surface area contributed by atoms with Crippen LogP contribution in [0.5, 0.6) is 0 Å². The summed E-state index contributed by atoms with van der Waals surface area (Å²) in [5.74, 6) is 2.99. The number of Topliss-reactive ketones (excluding diaryl/α,β-unsaturated/α-hetero) is 1. The van der Waals surface area contributed by atoms with Gasteiger partial charge in [0.15, 0.2) is 5.78 Å². The number of rotatable bonds is 8. The van der Waals surface area contributed by atoms with Crippen molar-refractivity contribution >= 4 is 21.7 Å². The van der Waals surface area contributed by atoms with Crippen molar-refractivity contribution in [3.8, 4) is 0 Å². The lowest BCUT2D eigenvalue weighted by Gasteiger charge is -2.54. The van der Waals surface area contributed by atoms with Crippen LogP contribution in [0.15, 0.2) is 29.2 Å². The van der Waals surface area contributed by atoms with Gasteiger partial charge >= 0.3 is 0 Å². The van der Waals surface area contributed by atoms with E-state index in [0.717, 1.165) is 11.8 Å². The van der Waals surface area contributed by atoms with E-state index in [2.05, 4.69) is 5.32 Å². The molecule has 0 atom stereocenters. The van der Waals surface area contributed by atoms with Crippen LogP contribution >= 0.6 is 0 Å². The number of carbonyl (C=O) groups excluding carboxylic acids is 2. The average Bonchev–Trinajstić information content (AvgIpc) is 2.70. The minimum absolute atomic E-state index is 0.0454. The van der Waals surface area contributed by atoms with Gasteiger partial charge in [-0.15, -0.1) is 0 Å². The molecule has 0 aromatic heterocycles. The number of nitrogens with zero attached hydrogens (tertiary/aromatic N) is 1. The van der Waals surface area contributed by atoms with E-state index in [9.17, 15) is 18.0 Å². The second kappa shape index (κ2) is 8.42. The first-order valence-electron chi connectivity index (χ1n) is 11.1. The lowest BCUT2D eigenvalue weighted by molar-refractivity contribution is -0.125. The quantitative estimate of drug-likeness (QED) is 0.639. The average molecular weight is 433 g/mol. The molecule has 0 radical (unpaired) electrons.